The zero-order chi connectivity index (χ0) is 14.9. The highest BCUT2D eigenvalue weighted by Crippen LogP contribution is 2.41. The average molecular weight is 291 g/mol. The van der Waals surface area contributed by atoms with Gasteiger partial charge in [-0.15, -0.1) is 0 Å². The molecule has 2 heterocycles. The quantitative estimate of drug-likeness (QED) is 0.900. The molecule has 0 bridgehead atoms. The number of aryl methyl sites for hydroxylation is 1. The van der Waals surface area contributed by atoms with Gasteiger partial charge in [-0.3, -0.25) is 4.68 Å². The highest BCUT2D eigenvalue weighted by atomic mass is 16.5. The van der Waals surface area contributed by atoms with E-state index in [1.54, 1.807) is 10.9 Å². The van der Waals surface area contributed by atoms with Crippen LogP contribution in [0.2, 0.25) is 0 Å². The van der Waals surface area contributed by atoms with E-state index in [4.69, 9.17) is 15.0 Å². The van der Waals surface area contributed by atoms with Gasteiger partial charge in [-0.2, -0.15) is 10.1 Å². The van der Waals surface area contributed by atoms with E-state index in [-0.39, 0.29) is 0 Å². The van der Waals surface area contributed by atoms with E-state index in [0.717, 1.165) is 31.2 Å². The fourth-order valence-electron chi connectivity index (χ4n) is 2.94. The summed E-state index contributed by atoms with van der Waals surface area (Å²) in [6.45, 7) is 2.63. The molecule has 2 N–H and O–H groups in total. The molecule has 0 saturated heterocycles. The Hall–Kier alpha value is -1.73. The predicted molar refractivity (Wildman–Crippen MR) is 75.3 cm³/mol. The van der Waals surface area contributed by atoms with Gasteiger partial charge in [0, 0.05) is 25.4 Å². The Bertz CT molecular complexity index is 600. The lowest BCUT2D eigenvalue weighted by atomic mass is 10.0. The molecule has 1 aliphatic rings. The number of nitrogens with two attached hydrogens (primary N) is 1. The van der Waals surface area contributed by atoms with Crippen LogP contribution in [0.4, 0.5) is 0 Å². The molecule has 114 valence electrons. The fourth-order valence-corrected chi connectivity index (χ4v) is 2.94. The monoisotopic (exact) mass is 291 g/mol. The first-order valence-electron chi connectivity index (χ1n) is 7.37. The summed E-state index contributed by atoms with van der Waals surface area (Å²) in [7, 11) is 1.85. The summed E-state index contributed by atoms with van der Waals surface area (Å²) in [4.78, 5) is 4.50. The van der Waals surface area contributed by atoms with Crippen molar-refractivity contribution >= 4 is 0 Å². The minimum absolute atomic E-state index is 0.398. The van der Waals surface area contributed by atoms with Crippen LogP contribution in [0.15, 0.2) is 16.9 Å². The van der Waals surface area contributed by atoms with E-state index in [1.165, 1.54) is 0 Å². The third-order valence-electron chi connectivity index (χ3n) is 4.03. The van der Waals surface area contributed by atoms with Crippen molar-refractivity contribution in [2.75, 3.05) is 6.61 Å². The molecule has 1 unspecified atom stereocenters. The van der Waals surface area contributed by atoms with Crippen molar-refractivity contribution in [2.45, 2.75) is 44.2 Å². The highest BCUT2D eigenvalue weighted by Gasteiger charge is 2.41. The van der Waals surface area contributed by atoms with Crippen LogP contribution in [-0.2, 0) is 17.4 Å². The van der Waals surface area contributed by atoms with Crippen molar-refractivity contribution < 1.29 is 9.26 Å². The highest BCUT2D eigenvalue weighted by molar-refractivity contribution is 5.18. The van der Waals surface area contributed by atoms with Gasteiger partial charge >= 0.3 is 0 Å². The van der Waals surface area contributed by atoms with Crippen LogP contribution in [-0.4, -0.2) is 26.5 Å². The maximum Gasteiger partial charge on any atom is 0.248 e. The van der Waals surface area contributed by atoms with E-state index in [9.17, 15) is 0 Å². The standard InChI is InChI=1S/C14H21N5O2/c1-3-20-14(6-4-5-7-14)13-17-12(21-18-13)11(15)10-8-16-19(2)9-10/h8-9,11H,3-7,15H2,1-2H3. The van der Waals surface area contributed by atoms with Crippen molar-refractivity contribution in [2.24, 2.45) is 12.8 Å². The minimum atomic E-state index is -0.458. The molecule has 1 saturated carbocycles. The lowest BCUT2D eigenvalue weighted by molar-refractivity contribution is -0.0469. The number of aromatic nitrogens is 4. The van der Waals surface area contributed by atoms with Crippen LogP contribution in [0, 0.1) is 0 Å². The zero-order valence-corrected chi connectivity index (χ0v) is 12.5. The summed E-state index contributed by atoms with van der Waals surface area (Å²) in [5, 5.41) is 8.24. The summed E-state index contributed by atoms with van der Waals surface area (Å²) >= 11 is 0. The average Bonchev–Trinajstić information content (AvgIpc) is 3.17. The number of hydrogen-bond donors (Lipinski definition) is 1. The van der Waals surface area contributed by atoms with Crippen molar-refractivity contribution in [1.29, 1.82) is 0 Å². The van der Waals surface area contributed by atoms with Gasteiger partial charge < -0.3 is 15.0 Å². The first-order chi connectivity index (χ1) is 10.1. The minimum Gasteiger partial charge on any atom is -0.367 e. The maximum absolute atomic E-state index is 6.17. The SMILES string of the molecule is CCOC1(c2noc(C(N)c3cnn(C)c3)n2)CCCC1. The lowest BCUT2D eigenvalue weighted by Gasteiger charge is -2.24. The van der Waals surface area contributed by atoms with Crippen molar-refractivity contribution in [3.8, 4) is 0 Å². The molecule has 1 atom stereocenters. The second-order valence-electron chi connectivity index (χ2n) is 5.52. The Morgan fingerprint density at radius 3 is 2.86 bits per heavy atom. The molecule has 1 fully saturated rings. The lowest BCUT2D eigenvalue weighted by Crippen LogP contribution is -2.28. The molecule has 1 aliphatic carbocycles. The Kier molecular flexibility index (Phi) is 3.77. The third-order valence-corrected chi connectivity index (χ3v) is 4.03. The summed E-state index contributed by atoms with van der Waals surface area (Å²) in [6.07, 6.45) is 7.67. The smallest absolute Gasteiger partial charge is 0.248 e. The second-order valence-corrected chi connectivity index (χ2v) is 5.52. The molecule has 2 aromatic rings. The van der Waals surface area contributed by atoms with E-state index < -0.39 is 11.6 Å². The maximum atomic E-state index is 6.17. The molecule has 0 radical (unpaired) electrons. The number of hydrogen-bond acceptors (Lipinski definition) is 6. The van der Waals surface area contributed by atoms with Crippen LogP contribution < -0.4 is 5.73 Å². The second kappa shape index (κ2) is 5.57. The van der Waals surface area contributed by atoms with Crippen LogP contribution >= 0.6 is 0 Å². The first-order valence-corrected chi connectivity index (χ1v) is 7.37. The number of rotatable bonds is 5. The Morgan fingerprint density at radius 2 is 2.24 bits per heavy atom. The van der Waals surface area contributed by atoms with Gasteiger partial charge in [0.1, 0.15) is 11.6 Å². The molecule has 0 spiro atoms. The van der Waals surface area contributed by atoms with E-state index in [2.05, 4.69) is 15.2 Å². The van der Waals surface area contributed by atoms with Crippen LogP contribution in [0.25, 0.3) is 0 Å². The molecular formula is C14H21N5O2. The van der Waals surface area contributed by atoms with Crippen LogP contribution in [0.5, 0.6) is 0 Å². The molecule has 2 aromatic heterocycles. The Labute approximate surface area is 123 Å². The van der Waals surface area contributed by atoms with Crippen LogP contribution in [0.1, 0.15) is 55.9 Å². The first kappa shape index (κ1) is 14.2. The van der Waals surface area contributed by atoms with Gasteiger partial charge in [0.05, 0.1) is 6.20 Å². The summed E-state index contributed by atoms with van der Waals surface area (Å²) in [5.74, 6) is 1.03. The summed E-state index contributed by atoms with van der Waals surface area (Å²) < 4.78 is 13.0. The van der Waals surface area contributed by atoms with Crippen molar-refractivity contribution in [1.82, 2.24) is 19.9 Å². The molecule has 3 rings (SSSR count). The van der Waals surface area contributed by atoms with Gasteiger partial charge in [-0.05, 0) is 32.6 Å². The van der Waals surface area contributed by atoms with Gasteiger partial charge in [-0.25, -0.2) is 0 Å². The number of ether oxygens (including phenoxy) is 1. The molecular weight excluding hydrogens is 270 g/mol. The molecule has 7 nitrogen and oxygen atoms in total. The molecule has 21 heavy (non-hydrogen) atoms. The fraction of sp³-hybridized carbons (Fsp3) is 0.643. The van der Waals surface area contributed by atoms with E-state index in [1.807, 2.05) is 20.2 Å². The van der Waals surface area contributed by atoms with Crippen molar-refractivity contribution in [3.05, 3.63) is 29.7 Å². The molecule has 0 aromatic carbocycles. The summed E-state index contributed by atoms with van der Waals surface area (Å²) in [5.41, 5.74) is 6.62. The van der Waals surface area contributed by atoms with Gasteiger partial charge in [0.2, 0.25) is 11.7 Å². The van der Waals surface area contributed by atoms with Gasteiger partial charge in [0.25, 0.3) is 0 Å². The number of nitrogens with zero attached hydrogens (tertiary/aromatic N) is 4. The molecule has 0 amide bonds. The topological polar surface area (TPSA) is 92.0 Å². The summed E-state index contributed by atoms with van der Waals surface area (Å²) in [6, 6.07) is -0.458. The van der Waals surface area contributed by atoms with Gasteiger partial charge in [0.15, 0.2) is 0 Å². The van der Waals surface area contributed by atoms with Gasteiger partial charge in [-0.1, -0.05) is 5.16 Å². The largest absolute Gasteiger partial charge is 0.367 e. The zero-order valence-electron chi connectivity index (χ0n) is 12.5. The molecule has 0 aliphatic heterocycles. The van der Waals surface area contributed by atoms with Crippen molar-refractivity contribution in [3.63, 3.8) is 0 Å². The van der Waals surface area contributed by atoms with Crippen LogP contribution in [0.3, 0.4) is 0 Å². The van der Waals surface area contributed by atoms with E-state index >= 15 is 0 Å². The Morgan fingerprint density at radius 1 is 1.48 bits per heavy atom. The molecule has 7 heteroatoms. The third kappa shape index (κ3) is 2.58. The normalized spacial score (nSPS) is 19.0. The van der Waals surface area contributed by atoms with E-state index in [0.29, 0.717) is 18.3 Å². The Balaban J connectivity index is 1.85. The predicted octanol–water partition coefficient (Wildman–Crippen LogP) is 1.66.